The van der Waals surface area contributed by atoms with E-state index in [2.05, 4.69) is 0 Å². The molecule has 1 aliphatic rings. The van der Waals surface area contributed by atoms with Crippen molar-refractivity contribution in [1.82, 2.24) is 0 Å². The van der Waals surface area contributed by atoms with Crippen molar-refractivity contribution in [2.24, 2.45) is 5.73 Å². The van der Waals surface area contributed by atoms with E-state index < -0.39 is 17.7 Å². The largest absolute Gasteiger partial charge is 0.497 e. The van der Waals surface area contributed by atoms with Gasteiger partial charge in [-0.25, -0.2) is 0 Å². The van der Waals surface area contributed by atoms with E-state index in [0.717, 1.165) is 12.0 Å². The van der Waals surface area contributed by atoms with Crippen LogP contribution in [0, 0.1) is 0 Å². The smallest absolute Gasteiger partial charge is 0.122 e. The molecule has 3 atom stereocenters. The summed E-state index contributed by atoms with van der Waals surface area (Å²) in [4.78, 5) is 0. The maximum atomic E-state index is 10.2. The Hall–Kier alpha value is -1.30. The quantitative estimate of drug-likeness (QED) is 0.753. The molecular formula is C14H21NO4. The zero-order valence-electron chi connectivity index (χ0n) is 11.3. The van der Waals surface area contributed by atoms with E-state index in [1.807, 2.05) is 0 Å². The number of hydrogen-bond acceptors (Lipinski definition) is 5. The summed E-state index contributed by atoms with van der Waals surface area (Å²) in [6, 6.07) is 5.31. The number of aliphatic hydroxyl groups is 2. The molecule has 19 heavy (non-hydrogen) atoms. The monoisotopic (exact) mass is 267 g/mol. The van der Waals surface area contributed by atoms with Crippen molar-refractivity contribution in [3.8, 4) is 11.5 Å². The fourth-order valence-corrected chi connectivity index (χ4v) is 2.64. The van der Waals surface area contributed by atoms with Crippen molar-refractivity contribution in [2.45, 2.75) is 37.0 Å². The first-order valence-electron chi connectivity index (χ1n) is 6.40. The molecule has 1 aliphatic carbocycles. The molecule has 2 rings (SSSR count). The zero-order valence-corrected chi connectivity index (χ0v) is 11.3. The van der Waals surface area contributed by atoms with Gasteiger partial charge < -0.3 is 25.4 Å². The standard InChI is InChI=1S/C14H21NO4/c1-18-10-6-9(7-11(8-10)19-2)14(15)5-3-4-12(16)13(14)17/h6-8,12-13,16-17H,3-5,15H2,1-2H3. The third kappa shape index (κ3) is 2.54. The van der Waals surface area contributed by atoms with Crippen LogP contribution in [-0.2, 0) is 5.54 Å². The second-order valence-corrected chi connectivity index (χ2v) is 5.05. The predicted octanol–water partition coefficient (Wildman–Crippen LogP) is 0.763. The molecule has 5 nitrogen and oxygen atoms in total. The second kappa shape index (κ2) is 5.36. The number of methoxy groups -OCH3 is 2. The lowest BCUT2D eigenvalue weighted by Crippen LogP contribution is -2.55. The molecule has 0 amide bonds. The minimum atomic E-state index is -0.988. The fraction of sp³-hybridized carbons (Fsp3) is 0.571. The van der Waals surface area contributed by atoms with Gasteiger partial charge in [0.2, 0.25) is 0 Å². The highest BCUT2D eigenvalue weighted by atomic mass is 16.5. The van der Waals surface area contributed by atoms with Crippen molar-refractivity contribution < 1.29 is 19.7 Å². The highest BCUT2D eigenvalue weighted by molar-refractivity contribution is 5.42. The molecule has 1 fully saturated rings. The SMILES string of the molecule is COc1cc(OC)cc(C2(N)CCCC(O)C2O)c1. The van der Waals surface area contributed by atoms with Crippen molar-refractivity contribution in [2.75, 3.05) is 14.2 Å². The van der Waals surface area contributed by atoms with Crippen LogP contribution in [0.15, 0.2) is 18.2 Å². The molecule has 106 valence electrons. The van der Waals surface area contributed by atoms with Crippen LogP contribution in [-0.4, -0.2) is 36.6 Å². The number of hydrogen-bond donors (Lipinski definition) is 3. The van der Waals surface area contributed by atoms with E-state index in [0.29, 0.717) is 24.3 Å². The summed E-state index contributed by atoms with van der Waals surface area (Å²) in [5.74, 6) is 1.23. The second-order valence-electron chi connectivity index (χ2n) is 5.05. The third-order valence-corrected chi connectivity index (χ3v) is 3.87. The molecule has 1 saturated carbocycles. The van der Waals surface area contributed by atoms with Crippen LogP contribution in [0.1, 0.15) is 24.8 Å². The van der Waals surface area contributed by atoms with Crippen LogP contribution in [0.5, 0.6) is 11.5 Å². The zero-order chi connectivity index (χ0) is 14.0. The maximum absolute atomic E-state index is 10.2. The van der Waals surface area contributed by atoms with Crippen molar-refractivity contribution in [3.63, 3.8) is 0 Å². The van der Waals surface area contributed by atoms with Gasteiger partial charge in [0.1, 0.15) is 17.6 Å². The number of rotatable bonds is 3. The Kier molecular flexibility index (Phi) is 3.99. The summed E-state index contributed by atoms with van der Waals surface area (Å²) in [7, 11) is 3.13. The third-order valence-electron chi connectivity index (χ3n) is 3.87. The van der Waals surface area contributed by atoms with Crippen LogP contribution < -0.4 is 15.2 Å². The Morgan fingerprint density at radius 3 is 2.26 bits per heavy atom. The van der Waals surface area contributed by atoms with Crippen LogP contribution in [0.3, 0.4) is 0 Å². The summed E-state index contributed by atoms with van der Waals surface area (Å²) in [5, 5.41) is 20.1. The Bertz CT molecular complexity index is 429. The molecular weight excluding hydrogens is 246 g/mol. The van der Waals surface area contributed by atoms with Gasteiger partial charge in [0.15, 0.2) is 0 Å². The van der Waals surface area contributed by atoms with Crippen LogP contribution in [0.4, 0.5) is 0 Å². The molecule has 0 aromatic heterocycles. The van der Waals surface area contributed by atoms with Gasteiger partial charge >= 0.3 is 0 Å². The number of aliphatic hydroxyl groups excluding tert-OH is 2. The minimum Gasteiger partial charge on any atom is -0.497 e. The molecule has 1 aromatic carbocycles. The molecule has 4 N–H and O–H groups in total. The number of ether oxygens (including phenoxy) is 2. The van der Waals surface area contributed by atoms with Crippen molar-refractivity contribution in [1.29, 1.82) is 0 Å². The molecule has 5 heteroatoms. The van der Waals surface area contributed by atoms with Gasteiger partial charge in [-0.3, -0.25) is 0 Å². The topological polar surface area (TPSA) is 84.9 Å². The Labute approximate surface area is 113 Å². The lowest BCUT2D eigenvalue weighted by Gasteiger charge is -2.41. The lowest BCUT2D eigenvalue weighted by atomic mass is 9.74. The van der Waals surface area contributed by atoms with Gasteiger partial charge in [-0.1, -0.05) is 0 Å². The summed E-state index contributed by atoms with van der Waals surface area (Å²) in [6.07, 6.45) is 0.172. The van der Waals surface area contributed by atoms with E-state index in [9.17, 15) is 10.2 Å². The first-order valence-corrected chi connectivity index (χ1v) is 6.40. The normalized spacial score (nSPS) is 31.0. The highest BCUT2D eigenvalue weighted by Crippen LogP contribution is 2.38. The van der Waals surface area contributed by atoms with E-state index in [4.69, 9.17) is 15.2 Å². The summed E-state index contributed by atoms with van der Waals surface area (Å²) in [5.41, 5.74) is 6.09. The molecule has 0 heterocycles. The average molecular weight is 267 g/mol. The Balaban J connectivity index is 2.43. The van der Waals surface area contributed by atoms with E-state index in [-0.39, 0.29) is 0 Å². The number of nitrogens with two attached hydrogens (primary N) is 1. The van der Waals surface area contributed by atoms with Gasteiger partial charge in [0, 0.05) is 6.07 Å². The van der Waals surface area contributed by atoms with Gasteiger partial charge in [-0.05, 0) is 37.0 Å². The average Bonchev–Trinajstić information content (AvgIpc) is 2.44. The minimum absolute atomic E-state index is 0.571. The lowest BCUT2D eigenvalue weighted by molar-refractivity contribution is -0.0596. The first-order chi connectivity index (χ1) is 9.01. The Morgan fingerprint density at radius 1 is 1.16 bits per heavy atom. The first kappa shape index (κ1) is 14.1. The van der Waals surface area contributed by atoms with Gasteiger partial charge in [-0.15, -0.1) is 0 Å². The molecule has 1 aromatic rings. The van der Waals surface area contributed by atoms with Crippen molar-refractivity contribution >= 4 is 0 Å². The summed E-state index contributed by atoms with van der Waals surface area (Å²) < 4.78 is 10.4. The molecule has 3 unspecified atom stereocenters. The van der Waals surface area contributed by atoms with Crippen LogP contribution in [0.25, 0.3) is 0 Å². The Morgan fingerprint density at radius 2 is 1.74 bits per heavy atom. The molecule has 0 spiro atoms. The summed E-state index contributed by atoms with van der Waals surface area (Å²) >= 11 is 0. The summed E-state index contributed by atoms with van der Waals surface area (Å²) in [6.45, 7) is 0. The van der Waals surface area contributed by atoms with E-state index >= 15 is 0 Å². The van der Waals surface area contributed by atoms with E-state index in [1.165, 1.54) is 0 Å². The van der Waals surface area contributed by atoms with E-state index in [1.54, 1.807) is 32.4 Å². The molecule has 0 aliphatic heterocycles. The van der Waals surface area contributed by atoms with Crippen LogP contribution in [0.2, 0.25) is 0 Å². The molecule has 0 radical (unpaired) electrons. The number of benzene rings is 1. The van der Waals surface area contributed by atoms with Crippen LogP contribution >= 0.6 is 0 Å². The molecule has 0 bridgehead atoms. The highest BCUT2D eigenvalue weighted by Gasteiger charge is 2.43. The van der Waals surface area contributed by atoms with Gasteiger partial charge in [0.05, 0.1) is 25.9 Å². The molecule has 0 saturated heterocycles. The fourth-order valence-electron chi connectivity index (χ4n) is 2.64. The van der Waals surface area contributed by atoms with Crippen molar-refractivity contribution in [3.05, 3.63) is 23.8 Å². The van der Waals surface area contributed by atoms with Gasteiger partial charge in [-0.2, -0.15) is 0 Å². The maximum Gasteiger partial charge on any atom is 0.122 e. The van der Waals surface area contributed by atoms with Gasteiger partial charge in [0.25, 0.3) is 0 Å². The predicted molar refractivity (Wildman–Crippen MR) is 71.3 cm³/mol.